The summed E-state index contributed by atoms with van der Waals surface area (Å²) in [5, 5.41) is 9.81. The number of aromatic nitrogens is 1. The third-order valence-electron chi connectivity index (χ3n) is 3.19. The number of hydrogen-bond donors (Lipinski definition) is 1. The Bertz CT molecular complexity index is 901. The molecule has 1 aromatic heterocycles. The summed E-state index contributed by atoms with van der Waals surface area (Å²) in [5.41, 5.74) is -0.272. The molecule has 126 valence electrons. The minimum Gasteiger partial charge on any atom is -0.493 e. The van der Waals surface area contributed by atoms with Gasteiger partial charge in [0.05, 0.1) is 31.2 Å². The van der Waals surface area contributed by atoms with Crippen LogP contribution in [0.2, 0.25) is 0 Å². The van der Waals surface area contributed by atoms with Crippen LogP contribution in [0, 0.1) is 3.57 Å². The highest BCUT2D eigenvalue weighted by molar-refractivity contribution is 14.1. The molecule has 0 saturated heterocycles. The Labute approximate surface area is 146 Å². The van der Waals surface area contributed by atoms with Crippen LogP contribution < -0.4 is 14.2 Å². The molecule has 2 rings (SSSR count). The van der Waals surface area contributed by atoms with Gasteiger partial charge in [0.15, 0.2) is 17.2 Å². The first kappa shape index (κ1) is 17.7. The molecule has 0 unspecified atom stereocenters. The van der Waals surface area contributed by atoms with Gasteiger partial charge < -0.3 is 19.3 Å². The van der Waals surface area contributed by atoms with Crippen molar-refractivity contribution in [3.05, 3.63) is 15.3 Å². The highest BCUT2D eigenvalue weighted by Crippen LogP contribution is 2.46. The van der Waals surface area contributed by atoms with Crippen molar-refractivity contribution in [3.63, 3.8) is 0 Å². The van der Waals surface area contributed by atoms with Crippen molar-refractivity contribution in [3.8, 4) is 17.2 Å². The van der Waals surface area contributed by atoms with E-state index in [1.54, 1.807) is 22.6 Å². The number of carboxylic acids is 1. The van der Waals surface area contributed by atoms with Crippen LogP contribution in [0.15, 0.2) is 6.07 Å². The smallest absolute Gasteiger partial charge is 0.354 e. The van der Waals surface area contributed by atoms with Gasteiger partial charge in [-0.2, -0.15) is 0 Å². The lowest BCUT2D eigenvalue weighted by molar-refractivity contribution is 0.0688. The van der Waals surface area contributed by atoms with Crippen molar-refractivity contribution in [1.82, 2.24) is 3.97 Å². The predicted molar refractivity (Wildman–Crippen MR) is 91.5 cm³/mol. The molecule has 23 heavy (non-hydrogen) atoms. The molecule has 8 nitrogen and oxygen atoms in total. The Hall–Kier alpha value is -1.69. The topological polar surface area (TPSA) is 104 Å². The average Bonchev–Trinajstić information content (AvgIpc) is 2.78. The number of halogens is 1. The van der Waals surface area contributed by atoms with Gasteiger partial charge in [0, 0.05) is 5.39 Å². The van der Waals surface area contributed by atoms with Gasteiger partial charge in [0.2, 0.25) is 15.8 Å². The van der Waals surface area contributed by atoms with Gasteiger partial charge in [-0.25, -0.2) is 17.2 Å². The van der Waals surface area contributed by atoms with Crippen molar-refractivity contribution >= 4 is 49.5 Å². The summed E-state index contributed by atoms with van der Waals surface area (Å²) in [5.74, 6) is -0.802. The summed E-state index contributed by atoms with van der Waals surface area (Å²) in [6.45, 7) is 0. The van der Waals surface area contributed by atoms with Crippen LogP contribution >= 0.6 is 22.6 Å². The number of ether oxygens (including phenoxy) is 3. The maximum absolute atomic E-state index is 12.2. The zero-order chi connectivity index (χ0) is 17.5. The molecule has 0 aliphatic heterocycles. The van der Waals surface area contributed by atoms with Crippen molar-refractivity contribution < 1.29 is 32.5 Å². The van der Waals surface area contributed by atoms with Crippen molar-refractivity contribution in [2.75, 3.05) is 27.6 Å². The Balaban J connectivity index is 3.20. The fraction of sp³-hybridized carbons (Fsp3) is 0.308. The Morgan fingerprint density at radius 2 is 1.74 bits per heavy atom. The number of aromatic carboxylic acids is 1. The Kier molecular flexibility index (Phi) is 4.66. The van der Waals surface area contributed by atoms with Gasteiger partial charge in [-0.3, -0.25) is 0 Å². The van der Waals surface area contributed by atoms with Gasteiger partial charge in [0.1, 0.15) is 5.52 Å². The molecule has 0 aliphatic carbocycles. The lowest BCUT2D eigenvalue weighted by atomic mass is 10.2. The van der Waals surface area contributed by atoms with Gasteiger partial charge in [-0.15, -0.1) is 0 Å². The zero-order valence-corrected chi connectivity index (χ0v) is 15.7. The third kappa shape index (κ3) is 2.69. The first-order chi connectivity index (χ1) is 10.7. The second-order valence-corrected chi connectivity index (χ2v) is 7.45. The zero-order valence-electron chi connectivity index (χ0n) is 12.7. The van der Waals surface area contributed by atoms with E-state index in [-0.39, 0.29) is 26.3 Å². The quantitative estimate of drug-likeness (QED) is 0.686. The van der Waals surface area contributed by atoms with E-state index in [2.05, 4.69) is 0 Å². The summed E-state index contributed by atoms with van der Waals surface area (Å²) < 4.78 is 41.1. The van der Waals surface area contributed by atoms with Crippen molar-refractivity contribution in [2.24, 2.45) is 0 Å². The van der Waals surface area contributed by atoms with Crippen LogP contribution in [0.5, 0.6) is 17.2 Å². The lowest BCUT2D eigenvalue weighted by Crippen LogP contribution is -2.17. The van der Waals surface area contributed by atoms with Crippen LogP contribution in [0.4, 0.5) is 0 Å². The number of fused-ring (bicyclic) bond motifs is 1. The normalized spacial score (nSPS) is 11.5. The summed E-state index contributed by atoms with van der Waals surface area (Å²) in [6.07, 6.45) is 0.922. The van der Waals surface area contributed by atoms with E-state index in [0.29, 0.717) is 11.1 Å². The molecule has 0 radical (unpaired) electrons. The fourth-order valence-electron chi connectivity index (χ4n) is 2.35. The minimum absolute atomic E-state index is 0.0812. The molecule has 1 heterocycles. The lowest BCUT2D eigenvalue weighted by Gasteiger charge is -2.14. The van der Waals surface area contributed by atoms with E-state index < -0.39 is 16.0 Å². The monoisotopic (exact) mass is 455 g/mol. The molecule has 0 aliphatic rings. The molecule has 10 heteroatoms. The van der Waals surface area contributed by atoms with Crippen LogP contribution in [0.1, 0.15) is 10.5 Å². The summed E-state index contributed by atoms with van der Waals surface area (Å²) >= 11 is 1.79. The van der Waals surface area contributed by atoms with Crippen LogP contribution in [-0.4, -0.2) is 51.1 Å². The number of nitrogens with zero attached hydrogens (tertiary/aromatic N) is 1. The SMILES string of the molecule is COc1cc2c(I)c(C(=O)O)n(S(C)(=O)=O)c2c(OC)c1OC. The molecule has 1 N–H and O–H groups in total. The molecule has 0 saturated carbocycles. The van der Waals surface area contributed by atoms with Crippen molar-refractivity contribution in [2.45, 2.75) is 0 Å². The van der Waals surface area contributed by atoms with Gasteiger partial charge in [-0.1, -0.05) is 0 Å². The molecule has 0 fully saturated rings. The molecule has 0 spiro atoms. The number of methoxy groups -OCH3 is 3. The largest absolute Gasteiger partial charge is 0.493 e. The van der Waals surface area contributed by atoms with Crippen LogP contribution in [-0.2, 0) is 10.0 Å². The summed E-state index contributed by atoms with van der Waals surface area (Å²) in [4.78, 5) is 11.6. The molecular weight excluding hydrogens is 441 g/mol. The van der Waals surface area contributed by atoms with Gasteiger partial charge in [-0.05, 0) is 28.7 Å². The average molecular weight is 455 g/mol. The molecule has 0 bridgehead atoms. The number of carboxylic acid groups (broad SMARTS) is 1. The van der Waals surface area contributed by atoms with E-state index in [0.717, 1.165) is 10.2 Å². The fourth-order valence-corrected chi connectivity index (χ4v) is 4.41. The molecule has 0 atom stereocenters. The maximum atomic E-state index is 12.2. The van der Waals surface area contributed by atoms with Crippen LogP contribution in [0.3, 0.4) is 0 Å². The number of benzene rings is 1. The molecule has 2 aromatic rings. The van der Waals surface area contributed by atoms with E-state index in [9.17, 15) is 18.3 Å². The first-order valence-corrected chi connectivity index (χ1v) is 9.08. The Morgan fingerprint density at radius 1 is 1.17 bits per heavy atom. The van der Waals surface area contributed by atoms with Crippen molar-refractivity contribution in [1.29, 1.82) is 0 Å². The second-order valence-electron chi connectivity index (χ2n) is 4.54. The van der Waals surface area contributed by atoms with E-state index >= 15 is 0 Å². The number of rotatable bonds is 5. The first-order valence-electron chi connectivity index (χ1n) is 6.15. The second kappa shape index (κ2) is 6.07. The summed E-state index contributed by atoms with van der Waals surface area (Å²) in [7, 11) is 0.227. The van der Waals surface area contributed by atoms with Gasteiger partial charge in [0.25, 0.3) is 0 Å². The van der Waals surface area contributed by atoms with Crippen LogP contribution in [0.25, 0.3) is 10.9 Å². The standard InChI is InChI=1S/C13H14INO7S/c1-20-7-5-6-8(14)10(13(16)17)15(23(4,18)19)9(6)12(22-3)11(7)21-2/h5H,1-4H3,(H,16,17). The predicted octanol–water partition coefficient (Wildman–Crippen LogP) is 1.78. The molecule has 0 amide bonds. The number of carbonyl (C=O) groups is 1. The van der Waals surface area contributed by atoms with Gasteiger partial charge >= 0.3 is 5.97 Å². The van der Waals surface area contributed by atoms with E-state index in [1.807, 2.05) is 0 Å². The molecule has 1 aromatic carbocycles. The maximum Gasteiger partial charge on any atom is 0.354 e. The minimum atomic E-state index is -3.91. The highest BCUT2D eigenvalue weighted by atomic mass is 127. The van der Waals surface area contributed by atoms with E-state index in [4.69, 9.17) is 14.2 Å². The molecular formula is C13H14INO7S. The highest BCUT2D eigenvalue weighted by Gasteiger charge is 2.31. The third-order valence-corrected chi connectivity index (χ3v) is 5.31. The Morgan fingerprint density at radius 3 is 2.13 bits per heavy atom. The number of hydrogen-bond acceptors (Lipinski definition) is 6. The van der Waals surface area contributed by atoms with E-state index in [1.165, 1.54) is 27.4 Å². The summed E-state index contributed by atoms with van der Waals surface area (Å²) in [6, 6.07) is 1.52.